The van der Waals surface area contributed by atoms with Crippen LogP contribution in [0.2, 0.25) is 5.02 Å². The fourth-order valence-electron chi connectivity index (χ4n) is 2.51. The van der Waals surface area contributed by atoms with Crippen molar-refractivity contribution in [3.05, 3.63) is 28.8 Å². The molecule has 1 heterocycles. The fourth-order valence-corrected chi connectivity index (χ4v) is 2.67. The quantitative estimate of drug-likeness (QED) is 0.874. The summed E-state index contributed by atoms with van der Waals surface area (Å²) in [6.45, 7) is 5.16. The summed E-state index contributed by atoms with van der Waals surface area (Å²) in [7, 11) is 0. The molecule has 1 fully saturated rings. The van der Waals surface area contributed by atoms with Crippen LogP contribution in [0.25, 0.3) is 0 Å². The first-order valence-electron chi connectivity index (χ1n) is 6.44. The molecule has 0 spiro atoms. The van der Waals surface area contributed by atoms with Crippen LogP contribution < -0.4 is 10.6 Å². The van der Waals surface area contributed by atoms with Crippen molar-refractivity contribution >= 4 is 17.3 Å². The minimum Gasteiger partial charge on any atom is -0.371 e. The van der Waals surface area contributed by atoms with Crippen LogP contribution in [-0.4, -0.2) is 13.1 Å². The average Bonchev–Trinajstić information content (AvgIpc) is 2.54. The van der Waals surface area contributed by atoms with E-state index in [4.69, 9.17) is 17.3 Å². The van der Waals surface area contributed by atoms with Crippen molar-refractivity contribution in [2.24, 2.45) is 11.7 Å². The van der Waals surface area contributed by atoms with Gasteiger partial charge in [0.1, 0.15) is 0 Å². The van der Waals surface area contributed by atoms with Gasteiger partial charge in [-0.2, -0.15) is 0 Å². The van der Waals surface area contributed by atoms with E-state index in [0.717, 1.165) is 24.0 Å². The van der Waals surface area contributed by atoms with E-state index in [1.165, 1.54) is 30.5 Å². The second-order valence-corrected chi connectivity index (χ2v) is 5.44. The maximum atomic E-state index is 6.10. The van der Waals surface area contributed by atoms with Gasteiger partial charge in [-0.1, -0.05) is 24.6 Å². The van der Waals surface area contributed by atoms with Crippen LogP contribution in [0.3, 0.4) is 0 Å². The maximum Gasteiger partial charge on any atom is 0.0426 e. The minimum absolute atomic E-state index is 0.582. The predicted molar refractivity (Wildman–Crippen MR) is 74.6 cm³/mol. The third-order valence-electron chi connectivity index (χ3n) is 3.62. The molecule has 2 rings (SSSR count). The molecule has 1 aromatic carbocycles. The van der Waals surface area contributed by atoms with E-state index in [0.29, 0.717) is 6.54 Å². The zero-order valence-electron chi connectivity index (χ0n) is 10.5. The minimum atomic E-state index is 0.582. The van der Waals surface area contributed by atoms with Gasteiger partial charge in [-0.05, 0) is 42.9 Å². The Balaban J connectivity index is 2.22. The van der Waals surface area contributed by atoms with Gasteiger partial charge in [0.15, 0.2) is 0 Å². The number of anilines is 1. The molecule has 0 aromatic heterocycles. The molecule has 0 saturated carbocycles. The zero-order valence-corrected chi connectivity index (χ0v) is 11.2. The number of hydrogen-bond acceptors (Lipinski definition) is 2. The zero-order chi connectivity index (χ0) is 12.3. The second kappa shape index (κ2) is 5.74. The molecule has 0 amide bonds. The number of nitrogens with zero attached hydrogens (tertiary/aromatic N) is 1. The molecule has 1 atom stereocenters. The molecule has 1 aliphatic heterocycles. The Morgan fingerprint density at radius 2 is 2.18 bits per heavy atom. The predicted octanol–water partition coefficient (Wildman–Crippen LogP) is 3.43. The molecule has 17 heavy (non-hydrogen) atoms. The van der Waals surface area contributed by atoms with Crippen LogP contribution in [0.4, 0.5) is 5.69 Å². The maximum absolute atomic E-state index is 6.10. The van der Waals surface area contributed by atoms with Crippen molar-refractivity contribution in [2.75, 3.05) is 18.0 Å². The van der Waals surface area contributed by atoms with Gasteiger partial charge in [-0.25, -0.2) is 0 Å². The van der Waals surface area contributed by atoms with Gasteiger partial charge < -0.3 is 10.6 Å². The summed E-state index contributed by atoms with van der Waals surface area (Å²) in [6, 6.07) is 6.03. The SMILES string of the molecule is CC1CCCN(c2cc(Cl)ccc2CN)CC1. The van der Waals surface area contributed by atoms with Crippen LogP contribution in [0.5, 0.6) is 0 Å². The van der Waals surface area contributed by atoms with E-state index in [1.807, 2.05) is 12.1 Å². The van der Waals surface area contributed by atoms with Gasteiger partial charge in [0.25, 0.3) is 0 Å². The number of halogens is 1. The highest BCUT2D eigenvalue weighted by molar-refractivity contribution is 6.30. The van der Waals surface area contributed by atoms with Gasteiger partial charge in [-0.15, -0.1) is 0 Å². The lowest BCUT2D eigenvalue weighted by atomic mass is 10.0. The van der Waals surface area contributed by atoms with Gasteiger partial charge in [-0.3, -0.25) is 0 Å². The van der Waals surface area contributed by atoms with Gasteiger partial charge >= 0.3 is 0 Å². The van der Waals surface area contributed by atoms with Crippen molar-refractivity contribution in [3.8, 4) is 0 Å². The lowest BCUT2D eigenvalue weighted by Gasteiger charge is -2.25. The smallest absolute Gasteiger partial charge is 0.0426 e. The van der Waals surface area contributed by atoms with Gasteiger partial charge in [0, 0.05) is 30.3 Å². The number of hydrogen-bond donors (Lipinski definition) is 1. The highest BCUT2D eigenvalue weighted by Gasteiger charge is 2.16. The third-order valence-corrected chi connectivity index (χ3v) is 3.86. The first-order chi connectivity index (χ1) is 8.20. The fraction of sp³-hybridized carbons (Fsp3) is 0.571. The van der Waals surface area contributed by atoms with E-state index in [-0.39, 0.29) is 0 Å². The van der Waals surface area contributed by atoms with E-state index in [9.17, 15) is 0 Å². The lowest BCUT2D eigenvalue weighted by Crippen LogP contribution is -2.25. The molecule has 0 radical (unpaired) electrons. The largest absolute Gasteiger partial charge is 0.371 e. The van der Waals surface area contributed by atoms with Crippen molar-refractivity contribution in [3.63, 3.8) is 0 Å². The number of benzene rings is 1. The van der Waals surface area contributed by atoms with E-state index in [1.54, 1.807) is 0 Å². The Labute approximate surface area is 109 Å². The topological polar surface area (TPSA) is 29.3 Å². The highest BCUT2D eigenvalue weighted by Crippen LogP contribution is 2.28. The van der Waals surface area contributed by atoms with Crippen molar-refractivity contribution in [1.29, 1.82) is 0 Å². The molecule has 1 unspecified atom stereocenters. The Hall–Kier alpha value is -0.730. The Bertz CT molecular complexity index is 378. The number of nitrogens with two attached hydrogens (primary N) is 1. The van der Waals surface area contributed by atoms with Crippen LogP contribution in [0, 0.1) is 5.92 Å². The molecule has 2 nitrogen and oxygen atoms in total. The summed E-state index contributed by atoms with van der Waals surface area (Å²) < 4.78 is 0. The monoisotopic (exact) mass is 252 g/mol. The summed E-state index contributed by atoms with van der Waals surface area (Å²) in [5.74, 6) is 0.834. The normalized spacial score (nSPS) is 21.4. The summed E-state index contributed by atoms with van der Waals surface area (Å²) in [4.78, 5) is 2.44. The molecule has 0 bridgehead atoms. The van der Waals surface area contributed by atoms with Crippen LogP contribution in [0.15, 0.2) is 18.2 Å². The standard InChI is InChI=1S/C14H21ClN2/c1-11-3-2-7-17(8-6-11)14-9-13(15)5-4-12(14)10-16/h4-5,9,11H,2-3,6-8,10,16H2,1H3. The average molecular weight is 253 g/mol. The third kappa shape index (κ3) is 3.14. The Kier molecular flexibility index (Phi) is 4.30. The van der Waals surface area contributed by atoms with Crippen molar-refractivity contribution < 1.29 is 0 Å². The van der Waals surface area contributed by atoms with Crippen LogP contribution >= 0.6 is 11.6 Å². The Morgan fingerprint density at radius 3 is 2.94 bits per heavy atom. The first-order valence-corrected chi connectivity index (χ1v) is 6.82. The van der Waals surface area contributed by atoms with Gasteiger partial charge in [0.2, 0.25) is 0 Å². The first kappa shape index (κ1) is 12.7. The molecule has 94 valence electrons. The molecular weight excluding hydrogens is 232 g/mol. The van der Waals surface area contributed by atoms with E-state index < -0.39 is 0 Å². The molecule has 2 N–H and O–H groups in total. The van der Waals surface area contributed by atoms with Crippen LogP contribution in [-0.2, 0) is 6.54 Å². The van der Waals surface area contributed by atoms with E-state index >= 15 is 0 Å². The molecule has 1 aromatic rings. The second-order valence-electron chi connectivity index (χ2n) is 5.00. The molecule has 0 aliphatic carbocycles. The Morgan fingerprint density at radius 1 is 1.35 bits per heavy atom. The molecule has 3 heteroatoms. The van der Waals surface area contributed by atoms with Gasteiger partial charge in [0.05, 0.1) is 0 Å². The summed E-state index contributed by atoms with van der Waals surface area (Å²) >= 11 is 6.10. The summed E-state index contributed by atoms with van der Waals surface area (Å²) in [6.07, 6.45) is 3.85. The molecule has 1 saturated heterocycles. The number of rotatable bonds is 2. The highest BCUT2D eigenvalue weighted by atomic mass is 35.5. The summed E-state index contributed by atoms with van der Waals surface area (Å²) in [5, 5.41) is 0.800. The lowest BCUT2D eigenvalue weighted by molar-refractivity contribution is 0.521. The molecular formula is C14H21ClN2. The van der Waals surface area contributed by atoms with Crippen molar-refractivity contribution in [1.82, 2.24) is 0 Å². The molecule has 1 aliphatic rings. The van der Waals surface area contributed by atoms with E-state index in [2.05, 4.69) is 17.9 Å². The van der Waals surface area contributed by atoms with Crippen molar-refractivity contribution in [2.45, 2.75) is 32.7 Å². The van der Waals surface area contributed by atoms with Crippen LogP contribution in [0.1, 0.15) is 31.7 Å². The summed E-state index contributed by atoms with van der Waals surface area (Å²) in [5.41, 5.74) is 8.23.